The number of nitrogens with two attached hydrogens (primary N) is 1. The summed E-state index contributed by atoms with van der Waals surface area (Å²) in [5.41, 5.74) is 5.94. The molecule has 0 aliphatic heterocycles. The topological polar surface area (TPSA) is 38.9 Å². The molecule has 0 radical (unpaired) electrons. The summed E-state index contributed by atoms with van der Waals surface area (Å²) in [6.45, 7) is 3.63. The van der Waals surface area contributed by atoms with E-state index < -0.39 is 18.1 Å². The first-order chi connectivity index (χ1) is 6.66. The molecular formula is C9H13F3N2S. The average molecular weight is 238 g/mol. The smallest absolute Gasteiger partial charge is 0.325 e. The molecule has 6 heteroatoms. The summed E-state index contributed by atoms with van der Waals surface area (Å²) in [7, 11) is 0. The molecule has 0 atom stereocenters. The van der Waals surface area contributed by atoms with Crippen molar-refractivity contribution >= 4 is 11.3 Å². The van der Waals surface area contributed by atoms with Gasteiger partial charge in [0.2, 0.25) is 0 Å². The predicted molar refractivity (Wildman–Crippen MR) is 53.8 cm³/mol. The Balaban J connectivity index is 2.65. The van der Waals surface area contributed by atoms with Gasteiger partial charge in [-0.15, -0.1) is 11.3 Å². The second kappa shape index (κ2) is 4.09. The van der Waals surface area contributed by atoms with E-state index in [2.05, 4.69) is 4.98 Å². The lowest BCUT2D eigenvalue weighted by atomic mass is 10.0. The van der Waals surface area contributed by atoms with Crippen LogP contribution in [0.15, 0.2) is 5.38 Å². The summed E-state index contributed by atoms with van der Waals surface area (Å²) in [4.78, 5) is 3.90. The highest BCUT2D eigenvalue weighted by Crippen LogP contribution is 2.24. The molecule has 0 aliphatic rings. The second-order valence-corrected chi connectivity index (χ2v) is 5.13. The van der Waals surface area contributed by atoms with Gasteiger partial charge in [0.25, 0.3) is 0 Å². The van der Waals surface area contributed by atoms with Gasteiger partial charge in [-0.05, 0) is 13.8 Å². The molecular weight excluding hydrogens is 225 g/mol. The van der Waals surface area contributed by atoms with Crippen molar-refractivity contribution in [1.82, 2.24) is 4.98 Å². The fourth-order valence-corrected chi connectivity index (χ4v) is 1.97. The lowest BCUT2D eigenvalue weighted by Crippen LogP contribution is -2.34. The summed E-state index contributed by atoms with van der Waals surface area (Å²) in [6.07, 6.45) is -4.66. The fraction of sp³-hybridized carbons (Fsp3) is 0.667. The van der Waals surface area contributed by atoms with Crippen molar-refractivity contribution in [3.63, 3.8) is 0 Å². The maximum atomic E-state index is 12.0. The summed E-state index contributed by atoms with van der Waals surface area (Å²) in [5, 5.41) is 1.73. The Labute approximate surface area is 90.3 Å². The zero-order valence-electron chi connectivity index (χ0n) is 8.56. The van der Waals surface area contributed by atoms with Crippen LogP contribution in [0.4, 0.5) is 13.2 Å². The molecule has 86 valence electrons. The van der Waals surface area contributed by atoms with E-state index in [4.69, 9.17) is 5.73 Å². The van der Waals surface area contributed by atoms with E-state index >= 15 is 0 Å². The molecule has 0 unspecified atom stereocenters. The van der Waals surface area contributed by atoms with E-state index in [9.17, 15) is 13.2 Å². The third kappa shape index (κ3) is 5.13. The van der Waals surface area contributed by atoms with E-state index in [-0.39, 0.29) is 5.01 Å². The predicted octanol–water partition coefficient (Wildman–Crippen LogP) is 2.53. The van der Waals surface area contributed by atoms with Gasteiger partial charge >= 0.3 is 6.18 Å². The van der Waals surface area contributed by atoms with Crippen LogP contribution in [0.25, 0.3) is 0 Å². The Bertz CT molecular complexity index is 294. The first kappa shape index (κ1) is 12.4. The quantitative estimate of drug-likeness (QED) is 0.878. The van der Waals surface area contributed by atoms with Crippen LogP contribution in [-0.2, 0) is 12.8 Å². The number of nitrogens with zero attached hydrogens (tertiary/aromatic N) is 1. The highest BCUT2D eigenvalue weighted by Gasteiger charge is 2.29. The van der Waals surface area contributed by atoms with Crippen molar-refractivity contribution < 1.29 is 13.2 Å². The minimum absolute atomic E-state index is 0.0988. The van der Waals surface area contributed by atoms with Crippen LogP contribution < -0.4 is 5.73 Å². The third-order valence-electron chi connectivity index (χ3n) is 1.59. The summed E-state index contributed by atoms with van der Waals surface area (Å²) in [5.74, 6) is 0. The lowest BCUT2D eigenvalue weighted by Gasteiger charge is -2.16. The van der Waals surface area contributed by atoms with Crippen LogP contribution in [0.1, 0.15) is 24.5 Å². The maximum absolute atomic E-state index is 12.0. The Morgan fingerprint density at radius 1 is 1.33 bits per heavy atom. The molecule has 1 aromatic rings. The molecule has 0 fully saturated rings. The lowest BCUT2D eigenvalue weighted by molar-refractivity contribution is -0.127. The Morgan fingerprint density at radius 3 is 2.40 bits per heavy atom. The average Bonchev–Trinajstić information content (AvgIpc) is 2.28. The molecule has 1 rings (SSSR count). The Hall–Kier alpha value is -0.620. The van der Waals surface area contributed by atoms with Crippen molar-refractivity contribution in [3.05, 3.63) is 16.1 Å². The summed E-state index contributed by atoms with van der Waals surface area (Å²) < 4.78 is 36.1. The van der Waals surface area contributed by atoms with Crippen LogP contribution in [0.3, 0.4) is 0 Å². The number of halogens is 3. The van der Waals surface area contributed by atoms with Gasteiger partial charge in [0.15, 0.2) is 0 Å². The molecule has 1 heterocycles. The van der Waals surface area contributed by atoms with E-state index in [1.54, 1.807) is 5.38 Å². The van der Waals surface area contributed by atoms with Gasteiger partial charge in [0.1, 0.15) is 5.01 Å². The fourth-order valence-electron chi connectivity index (χ4n) is 1.15. The largest absolute Gasteiger partial charge is 0.395 e. The molecule has 0 aromatic carbocycles. The second-order valence-electron chi connectivity index (χ2n) is 4.19. The molecule has 2 N–H and O–H groups in total. The number of hydrogen-bond acceptors (Lipinski definition) is 3. The number of rotatable bonds is 3. The van der Waals surface area contributed by atoms with Gasteiger partial charge in [-0.25, -0.2) is 4.98 Å². The number of alkyl halides is 3. The summed E-state index contributed by atoms with van der Waals surface area (Å²) in [6, 6.07) is 0. The van der Waals surface area contributed by atoms with E-state index in [0.29, 0.717) is 12.1 Å². The number of aromatic nitrogens is 1. The zero-order valence-corrected chi connectivity index (χ0v) is 9.37. The van der Waals surface area contributed by atoms with Gasteiger partial charge in [-0.3, -0.25) is 0 Å². The standard InChI is InChI=1S/C9H13F3N2S/c1-8(2,13)3-6-5-15-7(14-6)4-9(10,11)12/h5H,3-4,13H2,1-2H3. The van der Waals surface area contributed by atoms with Crippen molar-refractivity contribution in [2.24, 2.45) is 5.73 Å². The van der Waals surface area contributed by atoms with Gasteiger partial charge < -0.3 is 5.73 Å². The van der Waals surface area contributed by atoms with E-state index in [0.717, 1.165) is 11.3 Å². The van der Waals surface area contributed by atoms with Crippen molar-refractivity contribution in [1.29, 1.82) is 0 Å². The molecule has 0 saturated heterocycles. The van der Waals surface area contributed by atoms with Crippen LogP contribution in [-0.4, -0.2) is 16.7 Å². The molecule has 1 aromatic heterocycles. The summed E-state index contributed by atoms with van der Waals surface area (Å²) >= 11 is 1.03. The molecule has 0 amide bonds. The Morgan fingerprint density at radius 2 is 1.93 bits per heavy atom. The maximum Gasteiger partial charge on any atom is 0.395 e. The van der Waals surface area contributed by atoms with Crippen molar-refractivity contribution in [3.8, 4) is 0 Å². The molecule has 0 spiro atoms. The number of thiazole rings is 1. The van der Waals surface area contributed by atoms with Gasteiger partial charge in [0.05, 0.1) is 12.1 Å². The minimum atomic E-state index is -4.19. The van der Waals surface area contributed by atoms with Crippen molar-refractivity contribution in [2.45, 2.75) is 38.4 Å². The number of hydrogen-bond donors (Lipinski definition) is 1. The molecule has 15 heavy (non-hydrogen) atoms. The Kier molecular flexibility index (Phi) is 3.40. The molecule has 2 nitrogen and oxygen atoms in total. The highest BCUT2D eigenvalue weighted by atomic mass is 32.1. The van der Waals surface area contributed by atoms with Crippen LogP contribution in [0.5, 0.6) is 0 Å². The zero-order chi connectivity index (χ0) is 11.7. The minimum Gasteiger partial charge on any atom is -0.325 e. The first-order valence-corrected chi connectivity index (χ1v) is 5.33. The normalized spacial score (nSPS) is 13.2. The third-order valence-corrected chi connectivity index (χ3v) is 2.49. The van der Waals surface area contributed by atoms with Crippen LogP contribution in [0.2, 0.25) is 0 Å². The van der Waals surface area contributed by atoms with E-state index in [1.807, 2.05) is 13.8 Å². The van der Waals surface area contributed by atoms with Crippen LogP contribution in [0, 0.1) is 0 Å². The molecule has 0 aliphatic carbocycles. The van der Waals surface area contributed by atoms with Gasteiger partial charge in [0, 0.05) is 17.3 Å². The monoisotopic (exact) mass is 238 g/mol. The van der Waals surface area contributed by atoms with Crippen molar-refractivity contribution in [2.75, 3.05) is 0 Å². The van der Waals surface area contributed by atoms with Gasteiger partial charge in [-0.2, -0.15) is 13.2 Å². The van der Waals surface area contributed by atoms with Crippen LogP contribution >= 0.6 is 11.3 Å². The van der Waals surface area contributed by atoms with E-state index in [1.165, 1.54) is 0 Å². The van der Waals surface area contributed by atoms with Gasteiger partial charge in [-0.1, -0.05) is 0 Å². The molecule has 0 bridgehead atoms. The SMILES string of the molecule is CC(C)(N)Cc1csc(CC(F)(F)F)n1. The highest BCUT2D eigenvalue weighted by molar-refractivity contribution is 7.09. The first-order valence-electron chi connectivity index (χ1n) is 4.45. The molecule has 0 saturated carbocycles.